The zero-order valence-corrected chi connectivity index (χ0v) is 8.07. The molecule has 0 unspecified atom stereocenters. The van der Waals surface area contributed by atoms with Crippen molar-refractivity contribution in [2.24, 2.45) is 0 Å². The van der Waals surface area contributed by atoms with Gasteiger partial charge in [0.2, 0.25) is 0 Å². The van der Waals surface area contributed by atoms with Gasteiger partial charge >= 0.3 is 0 Å². The van der Waals surface area contributed by atoms with E-state index < -0.39 is 5.91 Å². The summed E-state index contributed by atoms with van der Waals surface area (Å²) in [5, 5.41) is 0.558. The Morgan fingerprint density at radius 2 is 1.67 bits per heavy atom. The smallest absolute Gasteiger partial charge is 0.266 e. The topological polar surface area (TPSA) is 20.3 Å². The van der Waals surface area contributed by atoms with Crippen molar-refractivity contribution in [3.8, 4) is 0 Å². The van der Waals surface area contributed by atoms with Gasteiger partial charge in [-0.2, -0.15) is 3.94 Å². The van der Waals surface area contributed by atoms with Crippen molar-refractivity contribution in [1.82, 2.24) is 3.94 Å². The third-order valence-electron chi connectivity index (χ3n) is 1.24. The third-order valence-corrected chi connectivity index (χ3v) is 1.80. The maximum Gasteiger partial charge on any atom is 0.283 e. The Bertz CT molecular complexity index is 283. The second-order valence-corrected chi connectivity index (χ2v) is 3.33. The molecule has 0 aromatic heterocycles. The molecule has 0 aliphatic heterocycles. The van der Waals surface area contributed by atoms with Gasteiger partial charge < -0.3 is 0 Å². The normalized spacial score (nSPS) is 9.58. The highest BCUT2D eigenvalue weighted by molar-refractivity contribution is 6.43. The fourth-order valence-corrected chi connectivity index (χ4v) is 1.01. The summed E-state index contributed by atoms with van der Waals surface area (Å²) in [6.07, 6.45) is 0. The van der Waals surface area contributed by atoms with Crippen molar-refractivity contribution < 1.29 is 4.79 Å². The fourth-order valence-electron chi connectivity index (χ4n) is 0.690. The highest BCUT2D eigenvalue weighted by atomic mass is 35.5. The van der Waals surface area contributed by atoms with Crippen molar-refractivity contribution in [3.63, 3.8) is 0 Å². The molecule has 0 aliphatic carbocycles. The van der Waals surface area contributed by atoms with E-state index in [-0.39, 0.29) is 0 Å². The summed E-state index contributed by atoms with van der Waals surface area (Å²) in [6.45, 7) is 0. The van der Waals surface area contributed by atoms with Crippen LogP contribution in [-0.2, 0) is 0 Å². The number of nitrogens with zero attached hydrogens (tertiary/aromatic N) is 1. The molecule has 0 bridgehead atoms. The summed E-state index contributed by atoms with van der Waals surface area (Å²) >= 11 is 16.0. The minimum Gasteiger partial charge on any atom is -0.266 e. The van der Waals surface area contributed by atoms with Crippen LogP contribution in [0.5, 0.6) is 0 Å². The Balaban J connectivity index is 2.90. The van der Waals surface area contributed by atoms with Crippen LogP contribution in [0.4, 0.5) is 0 Å². The summed E-state index contributed by atoms with van der Waals surface area (Å²) in [4.78, 5) is 11.1. The van der Waals surface area contributed by atoms with E-state index in [0.717, 1.165) is 0 Å². The summed E-state index contributed by atoms with van der Waals surface area (Å²) in [5.74, 6) is -0.477. The Hall–Kier alpha value is -0.440. The molecular weight excluding hydrogens is 220 g/mol. The number of rotatable bonds is 1. The molecule has 0 fully saturated rings. The van der Waals surface area contributed by atoms with Gasteiger partial charge in [0.25, 0.3) is 5.91 Å². The Kier molecular flexibility index (Phi) is 3.20. The van der Waals surface area contributed by atoms with Crippen LogP contribution >= 0.6 is 35.2 Å². The van der Waals surface area contributed by atoms with E-state index in [0.29, 0.717) is 14.5 Å². The van der Waals surface area contributed by atoms with Gasteiger partial charge in [0, 0.05) is 34.1 Å². The summed E-state index contributed by atoms with van der Waals surface area (Å²) in [5.41, 5.74) is 0.393. The molecule has 1 aromatic carbocycles. The third kappa shape index (κ3) is 2.27. The van der Waals surface area contributed by atoms with Gasteiger partial charge in [0.05, 0.1) is 0 Å². The average molecular weight is 224 g/mol. The first-order valence-corrected chi connectivity index (χ1v) is 4.08. The number of carbonyl (C=O) groups is 1. The van der Waals surface area contributed by atoms with Crippen LogP contribution in [0.25, 0.3) is 0 Å². The maximum atomic E-state index is 11.1. The van der Waals surface area contributed by atoms with Crippen LogP contribution in [-0.4, -0.2) is 9.85 Å². The van der Waals surface area contributed by atoms with Gasteiger partial charge in [0.1, 0.15) is 0 Å². The predicted molar refractivity (Wildman–Crippen MR) is 49.3 cm³/mol. The summed E-state index contributed by atoms with van der Waals surface area (Å²) in [6, 6.07) is 6.27. The molecule has 64 valence electrons. The standard InChI is InChI=1S/C7H4Cl3NO/c8-6-3-1-5(2-4-6)7(12)11(9)10/h1-4H. The quantitative estimate of drug-likeness (QED) is 0.671. The number of halogens is 3. The van der Waals surface area contributed by atoms with Gasteiger partial charge in [-0.15, -0.1) is 0 Å². The van der Waals surface area contributed by atoms with Crippen LogP contribution in [0.1, 0.15) is 10.4 Å². The SMILES string of the molecule is O=C(c1ccc(Cl)cc1)N(Cl)Cl. The van der Waals surface area contributed by atoms with Gasteiger partial charge in [0.15, 0.2) is 0 Å². The van der Waals surface area contributed by atoms with Crippen molar-refractivity contribution in [2.45, 2.75) is 0 Å². The van der Waals surface area contributed by atoms with Crippen LogP contribution in [0.15, 0.2) is 24.3 Å². The van der Waals surface area contributed by atoms with Crippen molar-refractivity contribution >= 4 is 41.1 Å². The molecular formula is C7H4Cl3NO. The maximum absolute atomic E-state index is 11.1. The van der Waals surface area contributed by atoms with Gasteiger partial charge in [-0.05, 0) is 24.3 Å². The molecule has 12 heavy (non-hydrogen) atoms. The van der Waals surface area contributed by atoms with E-state index in [1.165, 1.54) is 0 Å². The van der Waals surface area contributed by atoms with E-state index >= 15 is 0 Å². The molecule has 0 radical (unpaired) electrons. The number of amides is 1. The number of hydrogen-bond acceptors (Lipinski definition) is 1. The zero-order chi connectivity index (χ0) is 9.14. The summed E-state index contributed by atoms with van der Waals surface area (Å²) in [7, 11) is 0. The molecule has 0 aliphatic rings. The van der Waals surface area contributed by atoms with Gasteiger partial charge in [-0.1, -0.05) is 11.6 Å². The lowest BCUT2D eigenvalue weighted by molar-refractivity contribution is 0.0924. The van der Waals surface area contributed by atoms with Gasteiger partial charge in [-0.25, -0.2) is 0 Å². The van der Waals surface area contributed by atoms with Crippen LogP contribution in [0.2, 0.25) is 5.02 Å². The van der Waals surface area contributed by atoms with Crippen LogP contribution in [0, 0.1) is 0 Å². The molecule has 0 heterocycles. The number of benzene rings is 1. The lowest BCUT2D eigenvalue weighted by Gasteiger charge is -2.02. The second-order valence-electron chi connectivity index (χ2n) is 2.04. The monoisotopic (exact) mass is 223 g/mol. The van der Waals surface area contributed by atoms with Crippen molar-refractivity contribution in [1.29, 1.82) is 0 Å². The van der Waals surface area contributed by atoms with Crippen molar-refractivity contribution in [3.05, 3.63) is 34.9 Å². The predicted octanol–water partition coefficient (Wildman–Crippen LogP) is 3.09. The van der Waals surface area contributed by atoms with Crippen LogP contribution in [0.3, 0.4) is 0 Å². The van der Waals surface area contributed by atoms with E-state index in [1.807, 2.05) is 0 Å². The summed E-state index contributed by atoms with van der Waals surface area (Å²) < 4.78 is 0.475. The van der Waals surface area contributed by atoms with E-state index in [4.69, 9.17) is 35.2 Å². The lowest BCUT2D eigenvalue weighted by atomic mass is 10.2. The number of hydrogen-bond donors (Lipinski definition) is 0. The Morgan fingerprint density at radius 1 is 1.17 bits per heavy atom. The van der Waals surface area contributed by atoms with Gasteiger partial charge in [-0.3, -0.25) is 4.79 Å². The first kappa shape index (κ1) is 9.65. The zero-order valence-electron chi connectivity index (χ0n) is 5.80. The second kappa shape index (κ2) is 3.99. The minimum absolute atomic E-state index is 0.393. The average Bonchev–Trinajstić information content (AvgIpc) is 2.04. The highest BCUT2D eigenvalue weighted by Crippen LogP contribution is 2.13. The molecule has 0 atom stereocenters. The van der Waals surface area contributed by atoms with E-state index in [9.17, 15) is 4.79 Å². The lowest BCUT2D eigenvalue weighted by Crippen LogP contribution is -2.10. The fraction of sp³-hybridized carbons (Fsp3) is 0. The molecule has 1 aromatic rings. The molecule has 0 saturated heterocycles. The molecule has 2 nitrogen and oxygen atoms in total. The first-order valence-electron chi connectivity index (χ1n) is 3.03. The molecule has 1 amide bonds. The largest absolute Gasteiger partial charge is 0.283 e. The van der Waals surface area contributed by atoms with E-state index in [1.54, 1.807) is 24.3 Å². The first-order chi connectivity index (χ1) is 5.61. The van der Waals surface area contributed by atoms with E-state index in [2.05, 4.69) is 0 Å². The molecule has 0 N–H and O–H groups in total. The van der Waals surface area contributed by atoms with Crippen molar-refractivity contribution in [2.75, 3.05) is 0 Å². The molecule has 0 saturated carbocycles. The molecule has 5 heteroatoms. The molecule has 0 spiro atoms. The Labute approximate surface area is 84.9 Å². The highest BCUT2D eigenvalue weighted by Gasteiger charge is 2.10. The Morgan fingerprint density at radius 3 is 2.08 bits per heavy atom. The number of carbonyl (C=O) groups excluding carboxylic acids is 1. The van der Waals surface area contributed by atoms with Crippen LogP contribution < -0.4 is 0 Å². The minimum atomic E-state index is -0.477. The molecule has 1 rings (SSSR count).